The first kappa shape index (κ1) is 21.7. The number of rotatable bonds is 4. The Balaban J connectivity index is 1.74. The maximum atomic E-state index is 12.4. The standard InChI is InChI=1S/C24H29ClN4O2/c1-15-12-22(27-19-6-4-18(25)5-7-19)21-13-20(8-9-23(21)29(15)17(3)31)28-11-10-26-14-24(28)16(2)30/h4-9,13,15,22,24,26-27H,10-12,14H2,1-3H3. The molecule has 3 unspecified atom stereocenters. The highest BCUT2D eigenvalue weighted by Gasteiger charge is 2.34. The van der Waals surface area contributed by atoms with Gasteiger partial charge in [-0.2, -0.15) is 0 Å². The van der Waals surface area contributed by atoms with Crippen LogP contribution in [-0.2, 0) is 9.59 Å². The summed E-state index contributed by atoms with van der Waals surface area (Å²) >= 11 is 6.05. The lowest BCUT2D eigenvalue weighted by Gasteiger charge is -2.41. The number of hydrogen-bond donors (Lipinski definition) is 2. The Labute approximate surface area is 188 Å². The summed E-state index contributed by atoms with van der Waals surface area (Å²) in [6, 6.07) is 13.8. The molecule has 4 rings (SSSR count). The number of hydrogen-bond acceptors (Lipinski definition) is 5. The normalized spacial score (nSPS) is 23.3. The predicted molar refractivity (Wildman–Crippen MR) is 126 cm³/mol. The Bertz CT molecular complexity index is 978. The van der Waals surface area contributed by atoms with Gasteiger partial charge >= 0.3 is 0 Å². The molecule has 0 saturated carbocycles. The Morgan fingerprint density at radius 3 is 2.55 bits per heavy atom. The van der Waals surface area contributed by atoms with Crippen molar-refractivity contribution in [1.29, 1.82) is 0 Å². The number of ketones is 1. The lowest BCUT2D eigenvalue weighted by Crippen LogP contribution is -2.54. The lowest BCUT2D eigenvalue weighted by molar-refractivity contribution is -0.118. The molecule has 1 saturated heterocycles. The maximum Gasteiger partial charge on any atom is 0.224 e. The fourth-order valence-corrected chi connectivity index (χ4v) is 4.90. The van der Waals surface area contributed by atoms with Gasteiger partial charge in [0.1, 0.15) is 0 Å². The van der Waals surface area contributed by atoms with Crippen LogP contribution in [0.5, 0.6) is 0 Å². The highest BCUT2D eigenvalue weighted by atomic mass is 35.5. The number of fused-ring (bicyclic) bond motifs is 1. The van der Waals surface area contributed by atoms with Gasteiger partial charge in [0.05, 0.1) is 12.1 Å². The number of piperazine rings is 1. The number of nitrogens with one attached hydrogen (secondary N) is 2. The summed E-state index contributed by atoms with van der Waals surface area (Å²) in [7, 11) is 0. The van der Waals surface area contributed by atoms with E-state index >= 15 is 0 Å². The summed E-state index contributed by atoms with van der Waals surface area (Å²) in [6.45, 7) is 7.60. The molecular weight excluding hydrogens is 412 g/mol. The number of benzene rings is 2. The van der Waals surface area contributed by atoms with Crippen LogP contribution in [0.15, 0.2) is 42.5 Å². The summed E-state index contributed by atoms with van der Waals surface area (Å²) in [5.41, 5.74) is 4.00. The number of Topliss-reactive ketones (excluding diaryl/α,β-unsaturated/α-hetero) is 1. The summed E-state index contributed by atoms with van der Waals surface area (Å²) in [5.74, 6) is 0.190. The number of anilines is 3. The van der Waals surface area contributed by atoms with Gasteiger partial charge in [-0.3, -0.25) is 9.59 Å². The van der Waals surface area contributed by atoms with Crippen LogP contribution in [0.2, 0.25) is 5.02 Å². The summed E-state index contributed by atoms with van der Waals surface area (Å²) in [4.78, 5) is 28.7. The molecule has 1 fully saturated rings. The minimum atomic E-state index is -0.180. The second-order valence-electron chi connectivity index (χ2n) is 8.44. The monoisotopic (exact) mass is 440 g/mol. The van der Waals surface area contributed by atoms with E-state index in [2.05, 4.69) is 28.5 Å². The van der Waals surface area contributed by atoms with Crippen LogP contribution < -0.4 is 20.4 Å². The van der Waals surface area contributed by atoms with Crippen LogP contribution in [0.25, 0.3) is 0 Å². The van der Waals surface area contributed by atoms with Crippen molar-refractivity contribution in [3.8, 4) is 0 Å². The van der Waals surface area contributed by atoms with Crippen LogP contribution in [0.1, 0.15) is 38.8 Å². The molecule has 3 atom stereocenters. The zero-order valence-corrected chi connectivity index (χ0v) is 18.9. The Morgan fingerprint density at radius 1 is 1.13 bits per heavy atom. The van der Waals surface area contributed by atoms with Crippen LogP contribution >= 0.6 is 11.6 Å². The second kappa shape index (κ2) is 8.89. The third-order valence-electron chi connectivity index (χ3n) is 6.23. The molecule has 164 valence electrons. The molecule has 6 nitrogen and oxygen atoms in total. The molecule has 2 aromatic carbocycles. The van der Waals surface area contributed by atoms with E-state index in [-0.39, 0.29) is 29.8 Å². The fourth-order valence-electron chi connectivity index (χ4n) is 4.77. The molecule has 2 aromatic rings. The fraction of sp³-hybridized carbons (Fsp3) is 0.417. The van der Waals surface area contributed by atoms with E-state index in [4.69, 9.17) is 11.6 Å². The van der Waals surface area contributed by atoms with Gasteiger partial charge in [-0.1, -0.05) is 11.6 Å². The van der Waals surface area contributed by atoms with Crippen molar-refractivity contribution >= 4 is 40.4 Å². The molecule has 2 aliphatic heterocycles. The summed E-state index contributed by atoms with van der Waals surface area (Å²) in [6.07, 6.45) is 0.788. The van der Waals surface area contributed by atoms with Gasteiger partial charge in [0, 0.05) is 60.2 Å². The van der Waals surface area contributed by atoms with Crippen LogP contribution in [-0.4, -0.2) is 43.4 Å². The Morgan fingerprint density at radius 2 is 1.87 bits per heavy atom. The van der Waals surface area contributed by atoms with Crippen molar-refractivity contribution < 1.29 is 9.59 Å². The predicted octanol–water partition coefficient (Wildman–Crippen LogP) is 4.01. The first-order valence-electron chi connectivity index (χ1n) is 10.8. The van der Waals surface area contributed by atoms with Crippen molar-refractivity contribution in [3.05, 3.63) is 53.1 Å². The first-order valence-corrected chi connectivity index (χ1v) is 11.2. The average molecular weight is 441 g/mol. The lowest BCUT2D eigenvalue weighted by atomic mass is 9.90. The number of carbonyl (C=O) groups excluding carboxylic acids is 2. The maximum absolute atomic E-state index is 12.4. The number of amides is 1. The Kier molecular flexibility index (Phi) is 6.21. The Hall–Kier alpha value is -2.57. The molecule has 2 aliphatic rings. The quantitative estimate of drug-likeness (QED) is 0.752. The van der Waals surface area contributed by atoms with Crippen molar-refractivity contribution in [3.63, 3.8) is 0 Å². The van der Waals surface area contributed by atoms with Crippen LogP contribution in [0, 0.1) is 0 Å². The topological polar surface area (TPSA) is 64.7 Å². The van der Waals surface area contributed by atoms with E-state index in [9.17, 15) is 9.59 Å². The highest BCUT2D eigenvalue weighted by molar-refractivity contribution is 6.30. The van der Waals surface area contributed by atoms with Crippen molar-refractivity contribution in [2.45, 2.75) is 45.3 Å². The molecule has 1 amide bonds. The van der Waals surface area contributed by atoms with Gasteiger partial charge in [0.2, 0.25) is 5.91 Å². The second-order valence-corrected chi connectivity index (χ2v) is 8.88. The smallest absolute Gasteiger partial charge is 0.224 e. The number of nitrogens with zero attached hydrogens (tertiary/aromatic N) is 2. The molecule has 31 heavy (non-hydrogen) atoms. The zero-order chi connectivity index (χ0) is 22.1. The third kappa shape index (κ3) is 4.41. The van der Waals surface area contributed by atoms with E-state index < -0.39 is 0 Å². The van der Waals surface area contributed by atoms with E-state index in [1.807, 2.05) is 41.3 Å². The number of halogens is 1. The minimum Gasteiger partial charge on any atom is -0.378 e. The molecule has 0 aromatic heterocycles. The molecule has 2 N–H and O–H groups in total. The molecule has 0 spiro atoms. The largest absolute Gasteiger partial charge is 0.378 e. The van der Waals surface area contributed by atoms with E-state index in [0.29, 0.717) is 11.6 Å². The third-order valence-corrected chi connectivity index (χ3v) is 6.48. The van der Waals surface area contributed by atoms with Crippen molar-refractivity contribution in [2.75, 3.05) is 34.8 Å². The first-order chi connectivity index (χ1) is 14.8. The molecule has 0 aliphatic carbocycles. The van der Waals surface area contributed by atoms with Gasteiger partial charge in [0.15, 0.2) is 5.78 Å². The molecule has 0 radical (unpaired) electrons. The summed E-state index contributed by atoms with van der Waals surface area (Å²) in [5, 5.41) is 7.63. The van der Waals surface area contributed by atoms with Crippen molar-refractivity contribution in [2.24, 2.45) is 0 Å². The van der Waals surface area contributed by atoms with Gasteiger partial charge in [0.25, 0.3) is 0 Å². The van der Waals surface area contributed by atoms with E-state index in [1.54, 1.807) is 13.8 Å². The minimum absolute atomic E-state index is 0.0372. The van der Waals surface area contributed by atoms with Crippen LogP contribution in [0.4, 0.5) is 17.1 Å². The molecule has 7 heteroatoms. The van der Waals surface area contributed by atoms with Gasteiger partial charge in [-0.15, -0.1) is 0 Å². The molecule has 2 heterocycles. The van der Waals surface area contributed by atoms with E-state index in [1.165, 1.54) is 0 Å². The van der Waals surface area contributed by atoms with Crippen LogP contribution in [0.3, 0.4) is 0 Å². The molecule has 0 bridgehead atoms. The van der Waals surface area contributed by atoms with Gasteiger partial charge in [-0.05, 0) is 62.7 Å². The molecular formula is C24H29ClN4O2. The summed E-state index contributed by atoms with van der Waals surface area (Å²) < 4.78 is 0. The number of carbonyl (C=O) groups is 2. The SMILES string of the molecule is CC(=O)C1CNCCN1c1ccc2c(c1)C(Nc1ccc(Cl)cc1)CC(C)N2C(C)=O. The van der Waals surface area contributed by atoms with Crippen molar-refractivity contribution in [1.82, 2.24) is 5.32 Å². The zero-order valence-electron chi connectivity index (χ0n) is 18.2. The average Bonchev–Trinajstić information content (AvgIpc) is 2.74. The van der Waals surface area contributed by atoms with E-state index in [0.717, 1.165) is 42.1 Å². The van der Waals surface area contributed by atoms with Gasteiger partial charge in [-0.25, -0.2) is 0 Å². The highest BCUT2D eigenvalue weighted by Crippen LogP contribution is 2.41. The van der Waals surface area contributed by atoms with Gasteiger partial charge < -0.3 is 20.4 Å².